The van der Waals surface area contributed by atoms with Gasteiger partial charge in [-0.1, -0.05) is 30.3 Å². The number of carbonyl (C=O) groups excluding carboxylic acids is 1. The van der Waals surface area contributed by atoms with Crippen molar-refractivity contribution in [1.29, 1.82) is 0 Å². The van der Waals surface area contributed by atoms with Crippen molar-refractivity contribution in [2.24, 2.45) is 0 Å². The van der Waals surface area contributed by atoms with Crippen molar-refractivity contribution < 1.29 is 14.3 Å². The number of hydrogen-bond donors (Lipinski definition) is 1. The summed E-state index contributed by atoms with van der Waals surface area (Å²) in [6.45, 7) is 1.74. The second-order valence-corrected chi connectivity index (χ2v) is 6.46. The number of thiophene rings is 1. The van der Waals surface area contributed by atoms with E-state index in [-0.39, 0.29) is 18.1 Å². The fourth-order valence-electron chi connectivity index (χ4n) is 2.67. The number of ether oxygens (including phenoxy) is 2. The van der Waals surface area contributed by atoms with Crippen LogP contribution in [0, 0.1) is 0 Å². The first-order valence-corrected chi connectivity index (χ1v) is 8.79. The molecule has 0 unspecified atom stereocenters. The Morgan fingerprint density at radius 1 is 1.26 bits per heavy atom. The molecule has 1 amide bonds. The lowest BCUT2D eigenvalue weighted by atomic mass is 10.1. The summed E-state index contributed by atoms with van der Waals surface area (Å²) < 4.78 is 11.5. The van der Waals surface area contributed by atoms with E-state index < -0.39 is 0 Å². The first-order valence-electron chi connectivity index (χ1n) is 7.85. The maximum atomic E-state index is 12.2. The number of nitrogens with one attached hydrogen (secondary N) is 1. The first-order chi connectivity index (χ1) is 11.3. The maximum absolute atomic E-state index is 12.2. The van der Waals surface area contributed by atoms with Crippen LogP contribution in [0.25, 0.3) is 0 Å². The summed E-state index contributed by atoms with van der Waals surface area (Å²) in [6, 6.07) is 12.0. The fourth-order valence-corrected chi connectivity index (χ4v) is 3.33. The van der Waals surface area contributed by atoms with Gasteiger partial charge in [0.2, 0.25) is 5.91 Å². The Labute approximate surface area is 140 Å². The van der Waals surface area contributed by atoms with E-state index in [9.17, 15) is 4.79 Å². The molecule has 0 bridgehead atoms. The largest absolute Gasteiger partial charge is 0.379 e. The van der Waals surface area contributed by atoms with Crippen molar-refractivity contribution in [3.05, 3.63) is 58.3 Å². The van der Waals surface area contributed by atoms with E-state index in [4.69, 9.17) is 9.47 Å². The second-order valence-electron chi connectivity index (χ2n) is 5.68. The van der Waals surface area contributed by atoms with Gasteiger partial charge < -0.3 is 14.8 Å². The zero-order valence-electron chi connectivity index (χ0n) is 12.9. The number of amides is 1. The third-order valence-corrected chi connectivity index (χ3v) is 4.62. The number of benzene rings is 1. The van der Waals surface area contributed by atoms with Gasteiger partial charge in [-0.3, -0.25) is 4.79 Å². The van der Waals surface area contributed by atoms with Gasteiger partial charge in [0.05, 0.1) is 31.8 Å². The molecule has 1 aromatic heterocycles. The van der Waals surface area contributed by atoms with E-state index in [0.717, 1.165) is 17.5 Å². The molecule has 2 heterocycles. The molecule has 2 aromatic rings. The molecule has 3 rings (SSSR count). The normalized spacial score (nSPS) is 21.0. The van der Waals surface area contributed by atoms with Crippen molar-refractivity contribution in [3.63, 3.8) is 0 Å². The van der Waals surface area contributed by atoms with E-state index in [1.807, 2.05) is 47.2 Å². The van der Waals surface area contributed by atoms with E-state index >= 15 is 0 Å². The van der Waals surface area contributed by atoms with Gasteiger partial charge in [0, 0.05) is 6.61 Å². The lowest BCUT2D eigenvalue weighted by molar-refractivity contribution is -0.125. The van der Waals surface area contributed by atoms with Gasteiger partial charge in [0.25, 0.3) is 0 Å². The first kappa shape index (κ1) is 16.2. The average molecular weight is 331 g/mol. The lowest BCUT2D eigenvalue weighted by Crippen LogP contribution is -2.50. The van der Waals surface area contributed by atoms with E-state index in [1.54, 1.807) is 11.3 Å². The minimum atomic E-state index is -0.0846. The number of rotatable bonds is 6. The van der Waals surface area contributed by atoms with E-state index in [2.05, 4.69) is 5.32 Å². The Bertz CT molecular complexity index is 600. The Hall–Kier alpha value is -1.69. The van der Waals surface area contributed by atoms with Crippen LogP contribution in [-0.4, -0.2) is 31.3 Å². The minimum Gasteiger partial charge on any atom is -0.379 e. The monoisotopic (exact) mass is 331 g/mol. The highest BCUT2D eigenvalue weighted by molar-refractivity contribution is 7.07. The van der Waals surface area contributed by atoms with Crippen LogP contribution < -0.4 is 5.32 Å². The molecule has 1 N–H and O–H groups in total. The smallest absolute Gasteiger partial charge is 0.224 e. The van der Waals surface area contributed by atoms with Gasteiger partial charge in [0.1, 0.15) is 0 Å². The summed E-state index contributed by atoms with van der Waals surface area (Å²) in [5.41, 5.74) is 2.19. The van der Waals surface area contributed by atoms with Crippen molar-refractivity contribution >= 4 is 17.2 Å². The van der Waals surface area contributed by atoms with Gasteiger partial charge in [0.15, 0.2) is 0 Å². The Morgan fingerprint density at radius 2 is 2.13 bits per heavy atom. The van der Waals surface area contributed by atoms with Crippen molar-refractivity contribution in [2.75, 3.05) is 13.2 Å². The molecule has 4 nitrogen and oxygen atoms in total. The third-order valence-electron chi connectivity index (χ3n) is 3.89. The zero-order chi connectivity index (χ0) is 15.9. The molecule has 1 fully saturated rings. The molecule has 1 aliphatic heterocycles. The van der Waals surface area contributed by atoms with Gasteiger partial charge >= 0.3 is 0 Å². The average Bonchev–Trinajstić information content (AvgIpc) is 3.08. The highest BCUT2D eigenvalue weighted by Gasteiger charge is 2.28. The molecule has 122 valence electrons. The SMILES string of the molecule is O=C(Cc1ccsc1)N[C@@H]1COCC[C@@H]1OCc1ccccc1. The molecule has 0 radical (unpaired) electrons. The Morgan fingerprint density at radius 3 is 2.91 bits per heavy atom. The molecular weight excluding hydrogens is 310 g/mol. The van der Waals surface area contributed by atoms with Crippen LogP contribution >= 0.6 is 11.3 Å². The molecule has 1 aliphatic rings. The minimum absolute atomic E-state index is 0.00428. The van der Waals surface area contributed by atoms with Crippen LogP contribution in [0.5, 0.6) is 0 Å². The predicted molar refractivity (Wildman–Crippen MR) is 90.4 cm³/mol. The highest BCUT2D eigenvalue weighted by Crippen LogP contribution is 2.15. The summed E-state index contributed by atoms with van der Waals surface area (Å²) in [7, 11) is 0. The lowest BCUT2D eigenvalue weighted by Gasteiger charge is -2.32. The Kier molecular flexibility index (Phi) is 5.80. The summed E-state index contributed by atoms with van der Waals surface area (Å²) in [5, 5.41) is 7.04. The van der Waals surface area contributed by atoms with Crippen molar-refractivity contribution in [2.45, 2.75) is 31.6 Å². The van der Waals surface area contributed by atoms with Crippen molar-refractivity contribution in [1.82, 2.24) is 5.32 Å². The van der Waals surface area contributed by atoms with Crippen LogP contribution in [0.1, 0.15) is 17.5 Å². The fraction of sp³-hybridized carbons (Fsp3) is 0.389. The third kappa shape index (κ3) is 4.89. The van der Waals surface area contributed by atoms with E-state index in [1.165, 1.54) is 0 Å². The molecule has 5 heteroatoms. The van der Waals surface area contributed by atoms with Crippen LogP contribution in [0.2, 0.25) is 0 Å². The quantitative estimate of drug-likeness (QED) is 0.885. The van der Waals surface area contributed by atoms with Crippen LogP contribution in [0.3, 0.4) is 0 Å². The molecule has 2 atom stereocenters. The van der Waals surface area contributed by atoms with Gasteiger partial charge in [-0.05, 0) is 34.4 Å². The van der Waals surface area contributed by atoms with E-state index in [0.29, 0.717) is 26.2 Å². The Balaban J connectivity index is 1.52. The highest BCUT2D eigenvalue weighted by atomic mass is 32.1. The maximum Gasteiger partial charge on any atom is 0.224 e. The second kappa shape index (κ2) is 8.24. The number of carbonyl (C=O) groups is 1. The summed E-state index contributed by atoms with van der Waals surface area (Å²) in [6.07, 6.45) is 1.21. The van der Waals surface area contributed by atoms with Crippen molar-refractivity contribution in [3.8, 4) is 0 Å². The summed E-state index contributed by atoms with van der Waals surface area (Å²) in [5.74, 6) is 0.0206. The summed E-state index contributed by atoms with van der Waals surface area (Å²) >= 11 is 1.60. The number of hydrogen-bond acceptors (Lipinski definition) is 4. The molecule has 1 saturated heterocycles. The topological polar surface area (TPSA) is 47.6 Å². The van der Waals surface area contributed by atoms with Gasteiger partial charge in [-0.2, -0.15) is 11.3 Å². The van der Waals surface area contributed by atoms with Crippen LogP contribution in [0.4, 0.5) is 0 Å². The molecule has 0 spiro atoms. The zero-order valence-corrected chi connectivity index (χ0v) is 13.8. The predicted octanol–water partition coefficient (Wildman–Crippen LogP) is 2.78. The van der Waals surface area contributed by atoms with Crippen LogP contribution in [-0.2, 0) is 27.3 Å². The molecular formula is C18H21NO3S. The standard InChI is InChI=1S/C18H21NO3S/c20-18(10-15-7-9-23-13-15)19-16-12-21-8-6-17(16)22-11-14-4-2-1-3-5-14/h1-5,7,9,13,16-17H,6,8,10-12H2,(H,19,20)/t16-,17+/m1/s1. The van der Waals surface area contributed by atoms with Crippen LogP contribution in [0.15, 0.2) is 47.2 Å². The molecule has 1 aromatic carbocycles. The molecule has 23 heavy (non-hydrogen) atoms. The van der Waals surface area contributed by atoms with Gasteiger partial charge in [-0.15, -0.1) is 0 Å². The van der Waals surface area contributed by atoms with Gasteiger partial charge in [-0.25, -0.2) is 0 Å². The molecule has 0 aliphatic carbocycles. The molecule has 0 saturated carbocycles. The summed E-state index contributed by atoms with van der Waals surface area (Å²) in [4.78, 5) is 12.2.